The molecule has 1 heterocycles. The molecule has 0 fully saturated rings. The fourth-order valence-corrected chi connectivity index (χ4v) is 4.62. The number of amides is 1. The van der Waals surface area contributed by atoms with Crippen LogP contribution in [0, 0.1) is 0 Å². The highest BCUT2D eigenvalue weighted by atomic mass is 16.2. The second-order valence-electron chi connectivity index (χ2n) is 8.27. The first-order chi connectivity index (χ1) is 17.1. The number of Topliss-reactive ketones (excluding diaryl/α,β-unsaturated/α-hetero) is 2. The lowest BCUT2D eigenvalue weighted by molar-refractivity contribution is -0.138. The lowest BCUT2D eigenvalue weighted by Crippen LogP contribution is -2.26. The largest absolute Gasteiger partial charge is 0.320 e. The Morgan fingerprint density at radius 2 is 1.09 bits per heavy atom. The predicted octanol–water partition coefficient (Wildman–Crippen LogP) is 5.12. The Kier molecular flexibility index (Phi) is 4.82. The average Bonchev–Trinajstić information content (AvgIpc) is 3.37. The van der Waals surface area contributed by atoms with Gasteiger partial charge in [0, 0.05) is 22.3 Å². The summed E-state index contributed by atoms with van der Waals surface area (Å²) < 4.78 is 0. The minimum absolute atomic E-state index is 0.170. The number of carbonyl (C=O) groups is 3. The summed E-state index contributed by atoms with van der Waals surface area (Å²) in [7, 11) is 0. The first-order valence-electron chi connectivity index (χ1n) is 11.2. The zero-order valence-corrected chi connectivity index (χ0v) is 18.5. The molecule has 0 bridgehead atoms. The number of ketones is 2. The molecule has 1 amide bonds. The Hall–Kier alpha value is -4.90. The van der Waals surface area contributed by atoms with Crippen LogP contribution in [0.15, 0.2) is 120 Å². The molecule has 0 radical (unpaired) electrons. The van der Waals surface area contributed by atoms with Crippen molar-refractivity contribution in [1.82, 2.24) is 5.01 Å². The van der Waals surface area contributed by atoms with Crippen molar-refractivity contribution in [2.75, 3.05) is 0 Å². The Morgan fingerprint density at radius 3 is 1.66 bits per heavy atom. The van der Waals surface area contributed by atoms with E-state index in [4.69, 9.17) is 5.10 Å². The third-order valence-electron chi connectivity index (χ3n) is 6.23. The number of nitrogens with zero attached hydrogens (tertiary/aromatic N) is 2. The molecule has 0 unspecified atom stereocenters. The van der Waals surface area contributed by atoms with Crippen LogP contribution in [-0.2, 0) is 9.59 Å². The Labute approximate surface area is 201 Å². The third-order valence-corrected chi connectivity index (χ3v) is 6.23. The van der Waals surface area contributed by atoms with Crippen molar-refractivity contribution < 1.29 is 14.4 Å². The molecule has 6 rings (SSSR count). The second kappa shape index (κ2) is 8.15. The lowest BCUT2D eigenvalue weighted by atomic mass is 9.97. The van der Waals surface area contributed by atoms with Crippen LogP contribution in [-0.4, -0.2) is 28.2 Å². The molecule has 0 saturated heterocycles. The fourth-order valence-electron chi connectivity index (χ4n) is 4.62. The smallest absolute Gasteiger partial charge is 0.288 e. The number of hydrazone groups is 1. The van der Waals surface area contributed by atoms with Gasteiger partial charge in [0.2, 0.25) is 0 Å². The number of hydrogen-bond acceptors (Lipinski definition) is 4. The van der Waals surface area contributed by atoms with E-state index >= 15 is 0 Å². The van der Waals surface area contributed by atoms with Gasteiger partial charge in [-0.25, -0.2) is 0 Å². The van der Waals surface area contributed by atoms with E-state index in [-0.39, 0.29) is 11.3 Å². The van der Waals surface area contributed by atoms with Crippen molar-refractivity contribution in [3.8, 4) is 11.1 Å². The summed E-state index contributed by atoms with van der Waals surface area (Å²) in [6, 6.07) is 33.1. The zero-order chi connectivity index (χ0) is 23.9. The van der Waals surface area contributed by atoms with E-state index in [1.54, 1.807) is 54.6 Å². The van der Waals surface area contributed by atoms with Crippen LogP contribution in [0.2, 0.25) is 0 Å². The maximum atomic E-state index is 13.5. The first-order valence-corrected chi connectivity index (χ1v) is 11.2. The van der Waals surface area contributed by atoms with Gasteiger partial charge < -0.3 is 0 Å². The topological polar surface area (TPSA) is 66.8 Å². The normalized spacial score (nSPS) is 14.3. The predicted molar refractivity (Wildman–Crippen MR) is 134 cm³/mol. The highest BCUT2D eigenvalue weighted by molar-refractivity contribution is 6.56. The van der Waals surface area contributed by atoms with Gasteiger partial charge in [-0.1, -0.05) is 109 Å². The van der Waals surface area contributed by atoms with Gasteiger partial charge in [0.1, 0.15) is 5.57 Å². The molecule has 0 spiro atoms. The molecule has 4 aromatic carbocycles. The van der Waals surface area contributed by atoms with E-state index in [0.29, 0.717) is 16.8 Å². The van der Waals surface area contributed by atoms with Gasteiger partial charge in [-0.3, -0.25) is 14.4 Å². The highest BCUT2D eigenvalue weighted by Crippen LogP contribution is 2.39. The minimum Gasteiger partial charge on any atom is -0.288 e. The summed E-state index contributed by atoms with van der Waals surface area (Å²) in [5.74, 6) is -2.21. The maximum absolute atomic E-state index is 13.5. The molecule has 5 nitrogen and oxygen atoms in total. The van der Waals surface area contributed by atoms with Crippen LogP contribution in [0.1, 0.15) is 27.0 Å². The average molecular weight is 454 g/mol. The summed E-state index contributed by atoms with van der Waals surface area (Å²) in [5, 5.41) is 5.84. The van der Waals surface area contributed by atoms with Gasteiger partial charge in [0.15, 0.2) is 5.78 Å². The molecule has 166 valence electrons. The number of benzene rings is 4. The van der Waals surface area contributed by atoms with Crippen molar-refractivity contribution in [1.29, 1.82) is 0 Å². The molecule has 5 heteroatoms. The van der Waals surface area contributed by atoms with Gasteiger partial charge in [0.25, 0.3) is 5.78 Å². The molecule has 0 aromatic heterocycles. The van der Waals surface area contributed by atoms with Gasteiger partial charge in [-0.15, -0.1) is 0 Å². The molecule has 1 aliphatic carbocycles. The molecule has 35 heavy (non-hydrogen) atoms. The Bertz CT molecular complexity index is 1540. The summed E-state index contributed by atoms with van der Waals surface area (Å²) in [4.78, 5) is 40.0. The summed E-state index contributed by atoms with van der Waals surface area (Å²) in [5.41, 5.74) is 5.25. The second-order valence-corrected chi connectivity index (χ2v) is 8.27. The van der Waals surface area contributed by atoms with Crippen molar-refractivity contribution in [3.63, 3.8) is 0 Å². The number of carbonyl (C=O) groups excluding carboxylic acids is 3. The molecular weight excluding hydrogens is 436 g/mol. The van der Waals surface area contributed by atoms with Crippen LogP contribution >= 0.6 is 0 Å². The molecular formula is C30H18N2O3. The fraction of sp³-hybridized carbons (Fsp3) is 0. The third kappa shape index (κ3) is 3.25. The van der Waals surface area contributed by atoms with E-state index in [0.717, 1.165) is 27.3 Å². The quantitative estimate of drug-likeness (QED) is 0.215. The van der Waals surface area contributed by atoms with Crippen LogP contribution in [0.25, 0.3) is 16.8 Å². The molecule has 2 aliphatic rings. The van der Waals surface area contributed by atoms with Crippen LogP contribution < -0.4 is 0 Å². The first kappa shape index (κ1) is 20.7. The number of hydrogen-bond donors (Lipinski definition) is 0. The molecule has 0 N–H and O–H groups in total. The Balaban J connectivity index is 1.59. The van der Waals surface area contributed by atoms with Gasteiger partial charge in [-0.05, 0) is 11.1 Å². The summed E-state index contributed by atoms with van der Waals surface area (Å²) >= 11 is 0. The lowest BCUT2D eigenvalue weighted by Gasteiger charge is -2.16. The van der Waals surface area contributed by atoms with E-state index in [2.05, 4.69) is 0 Å². The van der Waals surface area contributed by atoms with E-state index in [1.807, 2.05) is 54.6 Å². The van der Waals surface area contributed by atoms with Crippen LogP contribution in [0.3, 0.4) is 0 Å². The van der Waals surface area contributed by atoms with Gasteiger partial charge in [-0.2, -0.15) is 10.1 Å². The van der Waals surface area contributed by atoms with Crippen molar-refractivity contribution >= 4 is 28.9 Å². The molecule has 0 saturated carbocycles. The van der Waals surface area contributed by atoms with E-state index in [9.17, 15) is 14.4 Å². The molecule has 0 atom stereocenters. The minimum atomic E-state index is -0.860. The highest BCUT2D eigenvalue weighted by Gasteiger charge is 2.43. The summed E-state index contributed by atoms with van der Waals surface area (Å²) in [6.45, 7) is 0. The SMILES string of the molecule is O=C1C(=O)N(N=C2c3ccccc3-c3ccccc32)C(c2ccccc2)=C1C(=O)c1ccccc1. The van der Waals surface area contributed by atoms with E-state index < -0.39 is 17.5 Å². The van der Waals surface area contributed by atoms with Crippen molar-refractivity contribution in [3.05, 3.63) is 137 Å². The van der Waals surface area contributed by atoms with Crippen LogP contribution in [0.4, 0.5) is 0 Å². The van der Waals surface area contributed by atoms with Gasteiger partial charge in [0.05, 0.1) is 11.4 Å². The molecule has 1 aliphatic heterocycles. The van der Waals surface area contributed by atoms with Crippen molar-refractivity contribution in [2.45, 2.75) is 0 Å². The number of rotatable bonds is 4. The van der Waals surface area contributed by atoms with Crippen molar-refractivity contribution in [2.24, 2.45) is 5.10 Å². The standard InChI is InChI=1S/C30H18N2O3/c33-28(20-13-5-2-6-14-20)25-27(19-11-3-1-4-12-19)32(30(35)29(25)34)31-26-23-17-9-7-15-21(23)22-16-8-10-18-24(22)26/h1-18H. The van der Waals surface area contributed by atoms with E-state index in [1.165, 1.54) is 0 Å². The summed E-state index contributed by atoms with van der Waals surface area (Å²) in [6.07, 6.45) is 0. The molecule has 4 aromatic rings. The van der Waals surface area contributed by atoms with Crippen LogP contribution in [0.5, 0.6) is 0 Å². The Morgan fingerprint density at radius 1 is 0.600 bits per heavy atom. The monoisotopic (exact) mass is 454 g/mol. The zero-order valence-electron chi connectivity index (χ0n) is 18.5. The maximum Gasteiger partial charge on any atom is 0.320 e. The van der Waals surface area contributed by atoms with Gasteiger partial charge >= 0.3 is 5.91 Å². The number of fused-ring (bicyclic) bond motifs is 3.